The first kappa shape index (κ1) is 21.5. The van der Waals surface area contributed by atoms with E-state index in [1.165, 1.54) is 24.7 Å². The molecule has 3 aromatic heterocycles. The molecule has 0 aliphatic rings. The highest BCUT2D eigenvalue weighted by Gasteiger charge is 2.38. The van der Waals surface area contributed by atoms with Crippen LogP contribution in [0.15, 0.2) is 35.5 Å². The molecule has 1 unspecified atom stereocenters. The summed E-state index contributed by atoms with van der Waals surface area (Å²) in [5, 5.41) is 13.1. The number of aliphatic hydroxyl groups is 1. The van der Waals surface area contributed by atoms with Crippen LogP contribution in [0, 0.1) is 0 Å². The van der Waals surface area contributed by atoms with Crippen LogP contribution in [-0.2, 0) is 6.54 Å². The molecule has 0 fully saturated rings. The van der Waals surface area contributed by atoms with Gasteiger partial charge in [-0.25, -0.2) is 15.0 Å². The first-order chi connectivity index (χ1) is 13.8. The maximum Gasteiger partial charge on any atom is 0.416 e. The molecule has 0 aromatic carbocycles. The lowest BCUT2D eigenvalue weighted by molar-refractivity contribution is -0.207. The minimum atomic E-state index is -4.84. The Balaban J connectivity index is 2.19. The fourth-order valence-electron chi connectivity index (χ4n) is 2.80. The van der Waals surface area contributed by atoms with Crippen molar-refractivity contribution in [1.29, 1.82) is 0 Å². The highest BCUT2D eigenvalue weighted by atomic mass is 19.4. The number of aliphatic hydroxyl groups excluding tert-OH is 1. The van der Waals surface area contributed by atoms with Crippen LogP contribution in [-0.4, -0.2) is 42.4 Å². The second-order valence-corrected chi connectivity index (χ2v) is 7.86. The van der Waals surface area contributed by atoms with Crippen LogP contribution in [0.25, 0.3) is 22.0 Å². The van der Waals surface area contributed by atoms with Crippen molar-refractivity contribution in [2.24, 2.45) is 0 Å². The Bertz CT molecular complexity index is 1120. The van der Waals surface area contributed by atoms with Crippen LogP contribution in [0.3, 0.4) is 0 Å². The summed E-state index contributed by atoms with van der Waals surface area (Å²) in [6, 6.07) is 3.11. The van der Waals surface area contributed by atoms with Gasteiger partial charge in [0.15, 0.2) is 6.10 Å². The summed E-state index contributed by atoms with van der Waals surface area (Å²) < 4.78 is 39.0. The molecule has 160 valence electrons. The van der Waals surface area contributed by atoms with Gasteiger partial charge in [-0.15, -0.1) is 0 Å². The van der Waals surface area contributed by atoms with Crippen molar-refractivity contribution in [3.63, 3.8) is 0 Å². The molecule has 1 atom stereocenters. The van der Waals surface area contributed by atoms with E-state index < -0.39 is 29.9 Å². The third-order valence-corrected chi connectivity index (χ3v) is 4.17. The van der Waals surface area contributed by atoms with Gasteiger partial charge in [-0.3, -0.25) is 4.79 Å². The van der Waals surface area contributed by atoms with Crippen molar-refractivity contribution >= 4 is 22.5 Å². The Hall–Kier alpha value is -3.21. The average molecular weight is 422 g/mol. The quantitative estimate of drug-likeness (QED) is 0.591. The first-order valence-electron chi connectivity index (χ1n) is 9.00. The number of alkyl halides is 3. The number of nitrogens with two attached hydrogens (primary N) is 1. The summed E-state index contributed by atoms with van der Waals surface area (Å²) in [4.78, 5) is 25.3. The van der Waals surface area contributed by atoms with Crippen LogP contribution < -0.4 is 16.6 Å². The van der Waals surface area contributed by atoms with Gasteiger partial charge in [0.25, 0.3) is 5.56 Å². The molecule has 8 nitrogen and oxygen atoms in total. The van der Waals surface area contributed by atoms with E-state index >= 15 is 0 Å². The summed E-state index contributed by atoms with van der Waals surface area (Å²) in [7, 11) is 0. The first-order valence-corrected chi connectivity index (χ1v) is 9.00. The number of pyridine rings is 2. The standard InChI is InChI=1S/C19H21F3N6O2/c1-18(2,3)27-15-14-10(6-12(26-15)11-7-24-17(23)25-8-11)4-5-28(16(14)30)9-13(29)19(20,21)22/h4-8,13,29H,9H2,1-3H3,(H,26,27)(H2,23,24,25). The molecule has 0 spiro atoms. The molecule has 0 saturated carbocycles. The van der Waals surface area contributed by atoms with Gasteiger partial charge in [-0.1, -0.05) is 0 Å². The third kappa shape index (κ3) is 4.67. The number of rotatable bonds is 4. The lowest BCUT2D eigenvalue weighted by Gasteiger charge is -2.23. The fourth-order valence-corrected chi connectivity index (χ4v) is 2.80. The molecule has 30 heavy (non-hydrogen) atoms. The van der Waals surface area contributed by atoms with Gasteiger partial charge < -0.3 is 20.7 Å². The van der Waals surface area contributed by atoms with Crippen molar-refractivity contribution < 1.29 is 18.3 Å². The number of anilines is 2. The van der Waals surface area contributed by atoms with Crippen LogP contribution in [0.1, 0.15) is 20.8 Å². The zero-order chi connectivity index (χ0) is 22.3. The van der Waals surface area contributed by atoms with E-state index in [4.69, 9.17) is 5.73 Å². The largest absolute Gasteiger partial charge is 0.416 e. The number of hydrogen-bond acceptors (Lipinski definition) is 7. The summed E-state index contributed by atoms with van der Waals surface area (Å²) in [6.45, 7) is 4.65. The van der Waals surface area contributed by atoms with Crippen molar-refractivity contribution in [2.75, 3.05) is 11.1 Å². The molecular formula is C19H21F3N6O2. The average Bonchev–Trinajstić information content (AvgIpc) is 2.62. The highest BCUT2D eigenvalue weighted by Crippen LogP contribution is 2.28. The summed E-state index contributed by atoms with van der Waals surface area (Å²) in [5.41, 5.74) is 5.34. The molecule has 3 heterocycles. The maximum absolute atomic E-state index is 13.0. The molecule has 0 aliphatic heterocycles. The molecule has 4 N–H and O–H groups in total. The SMILES string of the molecule is CC(C)(C)Nc1nc(-c2cnc(N)nc2)cc2ccn(CC(O)C(F)(F)F)c(=O)c12. The molecular weight excluding hydrogens is 401 g/mol. The Morgan fingerprint density at radius 1 is 1.23 bits per heavy atom. The fraction of sp³-hybridized carbons (Fsp3) is 0.368. The van der Waals surface area contributed by atoms with Gasteiger partial charge >= 0.3 is 6.18 Å². The second-order valence-electron chi connectivity index (χ2n) is 7.86. The van der Waals surface area contributed by atoms with Crippen molar-refractivity contribution in [1.82, 2.24) is 19.5 Å². The van der Waals surface area contributed by atoms with E-state index in [2.05, 4.69) is 20.3 Å². The van der Waals surface area contributed by atoms with Gasteiger partial charge in [0.2, 0.25) is 5.95 Å². The predicted molar refractivity (Wildman–Crippen MR) is 107 cm³/mol. The normalized spacial score (nSPS) is 13.4. The Morgan fingerprint density at radius 2 is 1.87 bits per heavy atom. The van der Waals surface area contributed by atoms with Gasteiger partial charge in [0, 0.05) is 29.7 Å². The van der Waals surface area contributed by atoms with Gasteiger partial charge in [0.1, 0.15) is 5.82 Å². The number of hydrogen-bond donors (Lipinski definition) is 3. The van der Waals surface area contributed by atoms with Crippen molar-refractivity contribution in [3.05, 3.63) is 41.1 Å². The van der Waals surface area contributed by atoms with E-state index in [1.807, 2.05) is 20.8 Å². The molecule has 3 rings (SSSR count). The van der Waals surface area contributed by atoms with Crippen molar-refractivity contribution in [3.8, 4) is 11.3 Å². The molecule has 0 aliphatic carbocycles. The zero-order valence-corrected chi connectivity index (χ0v) is 16.5. The topological polar surface area (TPSA) is 119 Å². The number of nitrogen functional groups attached to an aromatic ring is 1. The maximum atomic E-state index is 13.0. The number of nitrogens with zero attached hydrogens (tertiary/aromatic N) is 4. The number of nitrogens with one attached hydrogen (secondary N) is 1. The summed E-state index contributed by atoms with van der Waals surface area (Å²) in [6.07, 6.45) is -3.32. The van der Waals surface area contributed by atoms with Gasteiger partial charge in [0.05, 0.1) is 17.6 Å². The van der Waals surface area contributed by atoms with Crippen LogP contribution in [0.2, 0.25) is 0 Å². The molecule has 0 amide bonds. The number of fused-ring (bicyclic) bond motifs is 1. The molecule has 3 aromatic rings. The lowest BCUT2D eigenvalue weighted by Crippen LogP contribution is -2.36. The minimum absolute atomic E-state index is 0.0960. The predicted octanol–water partition coefficient (Wildman–Crippen LogP) is 2.57. The van der Waals surface area contributed by atoms with E-state index in [0.717, 1.165) is 4.57 Å². The molecule has 11 heteroatoms. The third-order valence-electron chi connectivity index (χ3n) is 4.17. The van der Waals surface area contributed by atoms with E-state index in [1.54, 1.807) is 6.07 Å². The number of aromatic nitrogens is 4. The van der Waals surface area contributed by atoms with Gasteiger partial charge in [-0.2, -0.15) is 13.2 Å². The Labute approximate surface area is 169 Å². The lowest BCUT2D eigenvalue weighted by atomic mass is 10.1. The van der Waals surface area contributed by atoms with E-state index in [-0.39, 0.29) is 17.2 Å². The minimum Gasteiger partial charge on any atom is -0.382 e. The molecule has 0 saturated heterocycles. The zero-order valence-electron chi connectivity index (χ0n) is 16.5. The monoisotopic (exact) mass is 422 g/mol. The summed E-state index contributed by atoms with van der Waals surface area (Å²) in [5.74, 6) is 0.298. The Morgan fingerprint density at radius 3 is 2.43 bits per heavy atom. The van der Waals surface area contributed by atoms with Crippen LogP contribution in [0.5, 0.6) is 0 Å². The molecule has 0 radical (unpaired) electrons. The van der Waals surface area contributed by atoms with E-state index in [0.29, 0.717) is 16.6 Å². The van der Waals surface area contributed by atoms with E-state index in [9.17, 15) is 23.1 Å². The summed E-state index contributed by atoms with van der Waals surface area (Å²) >= 11 is 0. The van der Waals surface area contributed by atoms with Crippen LogP contribution in [0.4, 0.5) is 24.9 Å². The smallest absolute Gasteiger partial charge is 0.382 e. The highest BCUT2D eigenvalue weighted by molar-refractivity contribution is 5.94. The second kappa shape index (κ2) is 7.56. The molecule has 0 bridgehead atoms. The number of halogens is 3. The van der Waals surface area contributed by atoms with Crippen molar-refractivity contribution in [2.45, 2.75) is 45.1 Å². The Kier molecular flexibility index (Phi) is 5.42. The van der Waals surface area contributed by atoms with Gasteiger partial charge in [-0.05, 0) is 38.3 Å². The van der Waals surface area contributed by atoms with Crippen LogP contribution >= 0.6 is 0 Å².